The Labute approximate surface area is 174 Å². The lowest BCUT2D eigenvalue weighted by molar-refractivity contribution is -0.384. The first-order valence-corrected chi connectivity index (χ1v) is 11.2. The van der Waals surface area contributed by atoms with Crippen LogP contribution in [-0.2, 0) is 21.2 Å². The van der Waals surface area contributed by atoms with Gasteiger partial charge in [0.25, 0.3) is 5.69 Å². The van der Waals surface area contributed by atoms with E-state index in [9.17, 15) is 27.7 Å². The van der Waals surface area contributed by atoms with Crippen LogP contribution in [0.1, 0.15) is 25.3 Å². The van der Waals surface area contributed by atoms with Crippen molar-refractivity contribution < 1.29 is 22.5 Å². The zero-order valence-corrected chi connectivity index (χ0v) is 17.6. The second-order valence-electron chi connectivity index (χ2n) is 6.78. The van der Waals surface area contributed by atoms with Crippen molar-refractivity contribution in [3.8, 4) is 0 Å². The highest BCUT2D eigenvalue weighted by Crippen LogP contribution is 2.26. The fraction of sp³-hybridized carbons (Fsp3) is 0.350. The number of nitro benzene ring substituents is 1. The monoisotopic (exact) mass is 437 g/mol. The number of amides is 1. The predicted octanol–water partition coefficient (Wildman–Crippen LogP) is 3.03. The van der Waals surface area contributed by atoms with E-state index in [-0.39, 0.29) is 23.6 Å². The van der Waals surface area contributed by atoms with Gasteiger partial charge in [-0.3, -0.25) is 19.2 Å². The molecule has 2 aromatic rings. The topological polar surface area (TPSA) is 110 Å². The quantitative estimate of drug-likeness (QED) is 0.349. The molecule has 8 nitrogen and oxygen atoms in total. The van der Waals surface area contributed by atoms with Gasteiger partial charge in [0, 0.05) is 18.7 Å². The van der Waals surface area contributed by atoms with Crippen LogP contribution in [0, 0.1) is 15.9 Å². The first-order valence-electron chi connectivity index (χ1n) is 9.39. The van der Waals surface area contributed by atoms with Crippen LogP contribution >= 0.6 is 0 Å². The number of nitrogens with one attached hydrogen (secondary N) is 1. The van der Waals surface area contributed by atoms with Crippen molar-refractivity contribution in [2.24, 2.45) is 0 Å². The number of nitro groups is 1. The molecule has 0 fully saturated rings. The van der Waals surface area contributed by atoms with Crippen molar-refractivity contribution in [3.63, 3.8) is 0 Å². The largest absolute Gasteiger partial charge is 0.354 e. The average molecular weight is 437 g/mol. The Balaban J connectivity index is 2.10. The Bertz CT molecular complexity index is 996. The Morgan fingerprint density at radius 2 is 1.90 bits per heavy atom. The average Bonchev–Trinajstić information content (AvgIpc) is 2.69. The van der Waals surface area contributed by atoms with Crippen LogP contribution in [0.25, 0.3) is 0 Å². The van der Waals surface area contributed by atoms with Gasteiger partial charge in [0.1, 0.15) is 11.9 Å². The van der Waals surface area contributed by atoms with Gasteiger partial charge in [-0.1, -0.05) is 25.1 Å². The molecule has 0 saturated carbocycles. The summed E-state index contributed by atoms with van der Waals surface area (Å²) in [4.78, 5) is 23.1. The van der Waals surface area contributed by atoms with Gasteiger partial charge in [0.05, 0.1) is 16.9 Å². The first-order chi connectivity index (χ1) is 14.1. The fourth-order valence-electron chi connectivity index (χ4n) is 3.08. The summed E-state index contributed by atoms with van der Waals surface area (Å²) in [5.41, 5.74) is 0.711. The van der Waals surface area contributed by atoms with Crippen molar-refractivity contribution in [2.75, 3.05) is 17.1 Å². The van der Waals surface area contributed by atoms with E-state index in [2.05, 4.69) is 5.32 Å². The molecule has 2 rings (SSSR count). The molecular formula is C20H24FN3O5S. The standard InChI is InChI=1S/C20H24FN3O5S/c1-3-19(20(25)22-13-5-6-15-9-11-16(21)12-10-15)23(30(2,28)29)17-7-4-8-18(14-17)24(26)27/h4,7-12,14,19H,3,5-6,13H2,1-2H3,(H,22,25)/t19-/m0/s1. The Morgan fingerprint density at radius 1 is 1.23 bits per heavy atom. The zero-order valence-electron chi connectivity index (χ0n) is 16.7. The van der Waals surface area contributed by atoms with E-state index in [1.807, 2.05) is 0 Å². The number of anilines is 1. The molecule has 0 aromatic heterocycles. The molecule has 30 heavy (non-hydrogen) atoms. The lowest BCUT2D eigenvalue weighted by atomic mass is 10.1. The third-order valence-corrected chi connectivity index (χ3v) is 5.66. The Hall–Kier alpha value is -3.01. The highest BCUT2D eigenvalue weighted by atomic mass is 32.2. The summed E-state index contributed by atoms with van der Waals surface area (Å²) in [7, 11) is -3.88. The van der Waals surface area contributed by atoms with E-state index in [0.717, 1.165) is 22.2 Å². The van der Waals surface area contributed by atoms with Crippen LogP contribution in [0.15, 0.2) is 48.5 Å². The molecule has 1 atom stereocenters. The molecular weight excluding hydrogens is 413 g/mol. The maximum atomic E-state index is 12.9. The number of benzene rings is 2. The number of hydrogen-bond acceptors (Lipinski definition) is 5. The minimum absolute atomic E-state index is 0.0556. The van der Waals surface area contributed by atoms with Crippen LogP contribution < -0.4 is 9.62 Å². The molecule has 0 aliphatic heterocycles. The van der Waals surface area contributed by atoms with Gasteiger partial charge in [0.15, 0.2) is 0 Å². The molecule has 10 heteroatoms. The van der Waals surface area contributed by atoms with Gasteiger partial charge in [-0.25, -0.2) is 12.8 Å². The maximum absolute atomic E-state index is 12.9. The van der Waals surface area contributed by atoms with Crippen LogP contribution in [0.4, 0.5) is 15.8 Å². The van der Waals surface area contributed by atoms with Crippen LogP contribution in [0.5, 0.6) is 0 Å². The molecule has 0 radical (unpaired) electrons. The minimum Gasteiger partial charge on any atom is -0.354 e. The van der Waals surface area contributed by atoms with Gasteiger partial charge in [0.2, 0.25) is 15.9 Å². The molecule has 0 bridgehead atoms. The van der Waals surface area contributed by atoms with Gasteiger partial charge < -0.3 is 5.32 Å². The minimum atomic E-state index is -3.88. The van der Waals surface area contributed by atoms with Crippen molar-refractivity contribution in [1.82, 2.24) is 5.32 Å². The smallest absolute Gasteiger partial charge is 0.271 e. The number of carbonyl (C=O) groups is 1. The number of halogens is 1. The van der Waals surface area contributed by atoms with Crippen molar-refractivity contribution in [1.29, 1.82) is 0 Å². The van der Waals surface area contributed by atoms with Crippen molar-refractivity contribution in [3.05, 3.63) is 70.0 Å². The predicted molar refractivity (Wildman–Crippen MR) is 112 cm³/mol. The second-order valence-corrected chi connectivity index (χ2v) is 8.64. The number of hydrogen-bond donors (Lipinski definition) is 1. The lowest BCUT2D eigenvalue weighted by Gasteiger charge is -2.30. The summed E-state index contributed by atoms with van der Waals surface area (Å²) in [5.74, 6) is -0.812. The first kappa shape index (κ1) is 23.3. The van der Waals surface area contributed by atoms with E-state index in [1.54, 1.807) is 19.1 Å². The maximum Gasteiger partial charge on any atom is 0.271 e. The summed E-state index contributed by atoms with van der Waals surface area (Å²) in [6, 6.07) is 10.2. The number of rotatable bonds is 10. The summed E-state index contributed by atoms with van der Waals surface area (Å²) in [6.07, 6.45) is 2.34. The van der Waals surface area contributed by atoms with Crippen molar-refractivity contribution >= 4 is 27.3 Å². The lowest BCUT2D eigenvalue weighted by Crippen LogP contribution is -2.49. The zero-order chi connectivity index (χ0) is 22.3. The van der Waals surface area contributed by atoms with E-state index in [4.69, 9.17) is 0 Å². The summed E-state index contributed by atoms with van der Waals surface area (Å²) < 4.78 is 38.7. The van der Waals surface area contributed by atoms with Gasteiger partial charge in [-0.15, -0.1) is 0 Å². The molecule has 0 aliphatic carbocycles. The molecule has 0 heterocycles. The Morgan fingerprint density at radius 3 is 2.47 bits per heavy atom. The van der Waals surface area contributed by atoms with Crippen LogP contribution in [0.2, 0.25) is 0 Å². The molecule has 0 aliphatic rings. The number of nitrogens with zero attached hydrogens (tertiary/aromatic N) is 2. The van der Waals surface area contributed by atoms with Crippen LogP contribution in [-0.4, -0.2) is 38.1 Å². The summed E-state index contributed by atoms with van der Waals surface area (Å²) in [5, 5.41) is 13.8. The SMILES string of the molecule is CC[C@@H](C(=O)NCCCc1ccc(F)cc1)N(c1cccc([N+](=O)[O-])c1)S(C)(=O)=O. The molecule has 0 spiro atoms. The summed E-state index contributed by atoms with van der Waals surface area (Å²) >= 11 is 0. The highest BCUT2D eigenvalue weighted by molar-refractivity contribution is 7.92. The third kappa shape index (κ3) is 6.24. The molecule has 1 amide bonds. The fourth-order valence-corrected chi connectivity index (χ4v) is 4.28. The Kier molecular flexibility index (Phi) is 7.87. The number of aryl methyl sites for hydroxylation is 1. The molecule has 2 aromatic carbocycles. The van der Waals surface area contributed by atoms with E-state index in [1.165, 1.54) is 30.3 Å². The molecule has 162 valence electrons. The number of sulfonamides is 1. The van der Waals surface area contributed by atoms with Crippen molar-refractivity contribution in [2.45, 2.75) is 32.2 Å². The van der Waals surface area contributed by atoms with E-state index < -0.39 is 26.9 Å². The molecule has 0 saturated heterocycles. The highest BCUT2D eigenvalue weighted by Gasteiger charge is 2.32. The molecule has 1 N–H and O–H groups in total. The van der Waals surface area contributed by atoms with Gasteiger partial charge in [-0.2, -0.15) is 0 Å². The molecule has 0 unspecified atom stereocenters. The van der Waals surface area contributed by atoms with E-state index in [0.29, 0.717) is 19.4 Å². The number of carbonyl (C=O) groups excluding carboxylic acids is 1. The number of non-ortho nitro benzene ring substituents is 1. The van der Waals surface area contributed by atoms with Gasteiger partial charge in [-0.05, 0) is 43.0 Å². The van der Waals surface area contributed by atoms with E-state index >= 15 is 0 Å². The third-order valence-electron chi connectivity index (χ3n) is 4.48. The van der Waals surface area contributed by atoms with Gasteiger partial charge >= 0.3 is 0 Å². The normalized spacial score (nSPS) is 12.2. The van der Waals surface area contributed by atoms with Crippen LogP contribution in [0.3, 0.4) is 0 Å². The second kappa shape index (κ2) is 10.1. The summed E-state index contributed by atoms with van der Waals surface area (Å²) in [6.45, 7) is 1.97.